The number of aromatic nitrogens is 2. The second-order valence-electron chi connectivity index (χ2n) is 9.20. The van der Waals surface area contributed by atoms with E-state index in [9.17, 15) is 10.1 Å². The Morgan fingerprint density at radius 3 is 2.53 bits per heavy atom. The quantitative estimate of drug-likeness (QED) is 0.445. The number of amides is 1. The highest BCUT2D eigenvalue weighted by Crippen LogP contribution is 2.28. The summed E-state index contributed by atoms with van der Waals surface area (Å²) < 4.78 is 8.38. The van der Waals surface area contributed by atoms with Crippen LogP contribution in [-0.2, 0) is 4.74 Å². The zero-order chi connectivity index (χ0) is 25.1. The van der Waals surface area contributed by atoms with E-state index in [1.54, 1.807) is 16.9 Å². The van der Waals surface area contributed by atoms with Crippen molar-refractivity contribution in [2.24, 2.45) is 0 Å². The number of nitriles is 1. The number of nitrogens with zero attached hydrogens (tertiary/aromatic N) is 5. The second kappa shape index (κ2) is 11.0. The predicted octanol–water partition coefficient (Wildman–Crippen LogP) is 4.21. The number of benzene rings is 2. The van der Waals surface area contributed by atoms with Gasteiger partial charge in [0.1, 0.15) is 6.07 Å². The lowest BCUT2D eigenvalue weighted by atomic mass is 10.0. The first-order valence-corrected chi connectivity index (χ1v) is 13.3. The number of hydrogen-bond donors (Lipinski definition) is 1. The zero-order valence-corrected chi connectivity index (χ0v) is 22.4. The summed E-state index contributed by atoms with van der Waals surface area (Å²) in [4.78, 5) is 17.9. The highest BCUT2D eigenvalue weighted by atomic mass is 127. The van der Waals surface area contributed by atoms with Crippen LogP contribution in [0.5, 0.6) is 0 Å². The lowest BCUT2D eigenvalue weighted by Crippen LogP contribution is -2.49. The molecule has 9 heteroatoms. The number of carbonyl (C=O) groups is 1. The van der Waals surface area contributed by atoms with Gasteiger partial charge in [-0.25, -0.2) is 4.68 Å². The molecule has 186 valence electrons. The van der Waals surface area contributed by atoms with E-state index in [1.807, 2.05) is 43.3 Å². The number of nitrogens with one attached hydrogen (secondary N) is 1. The largest absolute Gasteiger partial charge is 0.379 e. The predicted molar refractivity (Wildman–Crippen MR) is 148 cm³/mol. The van der Waals surface area contributed by atoms with E-state index < -0.39 is 0 Å². The molecule has 0 atom stereocenters. The summed E-state index contributed by atoms with van der Waals surface area (Å²) in [6.45, 7) is 7.36. The molecule has 0 spiro atoms. The van der Waals surface area contributed by atoms with E-state index in [2.05, 4.69) is 48.9 Å². The minimum atomic E-state index is -0.243. The summed E-state index contributed by atoms with van der Waals surface area (Å²) >= 11 is 2.26. The Bertz CT molecular complexity index is 1270. The first-order chi connectivity index (χ1) is 17.5. The van der Waals surface area contributed by atoms with E-state index in [0.717, 1.165) is 72.9 Å². The van der Waals surface area contributed by atoms with E-state index >= 15 is 0 Å². The van der Waals surface area contributed by atoms with Crippen LogP contribution in [0.2, 0.25) is 0 Å². The molecular weight excluding hydrogens is 567 g/mol. The monoisotopic (exact) mass is 596 g/mol. The van der Waals surface area contributed by atoms with Crippen molar-refractivity contribution in [3.63, 3.8) is 0 Å². The van der Waals surface area contributed by atoms with Crippen LogP contribution >= 0.6 is 22.6 Å². The van der Waals surface area contributed by atoms with Gasteiger partial charge < -0.3 is 15.0 Å². The van der Waals surface area contributed by atoms with Crippen molar-refractivity contribution in [2.45, 2.75) is 25.8 Å². The Kier molecular flexibility index (Phi) is 7.55. The van der Waals surface area contributed by atoms with Gasteiger partial charge in [-0.15, -0.1) is 0 Å². The van der Waals surface area contributed by atoms with Gasteiger partial charge >= 0.3 is 0 Å². The third-order valence-corrected chi connectivity index (χ3v) is 7.79. The first kappa shape index (κ1) is 24.7. The highest BCUT2D eigenvalue weighted by Gasteiger charge is 2.27. The lowest BCUT2D eigenvalue weighted by molar-refractivity contribution is 0.0115. The van der Waals surface area contributed by atoms with Crippen molar-refractivity contribution in [2.75, 3.05) is 49.6 Å². The van der Waals surface area contributed by atoms with Crippen molar-refractivity contribution >= 4 is 39.9 Å². The Labute approximate surface area is 225 Å². The third kappa shape index (κ3) is 5.26. The number of carbonyl (C=O) groups excluding carboxylic acids is 1. The van der Waals surface area contributed by atoms with Crippen LogP contribution in [0, 0.1) is 21.8 Å². The number of morpholine rings is 1. The standard InChI is InChI=1S/C27H29IN6O2/c1-19-25(18-30-34(19)24-5-2-21(28)3-6-24)27(35)31-22-4-7-26(20(16-22)17-29)33-10-8-23(9-11-33)32-12-14-36-15-13-32/h2-7,16,18,23H,8-15H2,1H3,(H,31,35). The number of halogens is 1. The molecule has 5 rings (SSSR count). The SMILES string of the molecule is Cc1c(C(=O)Nc2ccc(N3CCC(N4CCOCC4)CC3)c(C#N)c2)cnn1-c1ccc(I)cc1. The van der Waals surface area contributed by atoms with Crippen LogP contribution in [0.3, 0.4) is 0 Å². The molecule has 1 N–H and O–H groups in total. The van der Waals surface area contributed by atoms with E-state index in [-0.39, 0.29) is 5.91 Å². The normalized spacial score (nSPS) is 17.1. The molecule has 0 saturated carbocycles. The van der Waals surface area contributed by atoms with E-state index in [1.165, 1.54) is 0 Å². The Balaban J connectivity index is 1.26. The fourth-order valence-corrected chi connectivity index (χ4v) is 5.43. The summed E-state index contributed by atoms with van der Waals surface area (Å²) in [6, 6.07) is 16.5. The van der Waals surface area contributed by atoms with Gasteiger partial charge in [0.05, 0.1) is 47.6 Å². The molecule has 3 aromatic rings. The van der Waals surface area contributed by atoms with Gasteiger partial charge in [0.2, 0.25) is 0 Å². The average Bonchev–Trinajstić information content (AvgIpc) is 3.31. The summed E-state index contributed by atoms with van der Waals surface area (Å²) in [5, 5.41) is 17.2. The van der Waals surface area contributed by atoms with Gasteiger partial charge in [-0.2, -0.15) is 10.4 Å². The molecule has 1 amide bonds. The molecule has 0 radical (unpaired) electrons. The molecule has 1 aromatic heterocycles. The number of ether oxygens (including phenoxy) is 1. The van der Waals surface area contributed by atoms with Gasteiger partial charge in [0.15, 0.2) is 0 Å². The maximum Gasteiger partial charge on any atom is 0.259 e. The molecule has 2 fully saturated rings. The molecule has 0 unspecified atom stereocenters. The molecular formula is C27H29IN6O2. The van der Waals surface area contributed by atoms with Crippen LogP contribution < -0.4 is 10.2 Å². The Morgan fingerprint density at radius 1 is 1.11 bits per heavy atom. The molecule has 2 aliphatic heterocycles. The Morgan fingerprint density at radius 2 is 1.83 bits per heavy atom. The smallest absolute Gasteiger partial charge is 0.259 e. The maximum absolute atomic E-state index is 13.0. The lowest BCUT2D eigenvalue weighted by Gasteiger charge is -2.41. The summed E-state index contributed by atoms with van der Waals surface area (Å²) in [5.74, 6) is -0.243. The van der Waals surface area contributed by atoms with E-state index in [0.29, 0.717) is 22.9 Å². The molecule has 2 aliphatic rings. The van der Waals surface area contributed by atoms with Gasteiger partial charge in [-0.1, -0.05) is 0 Å². The molecule has 0 bridgehead atoms. The van der Waals surface area contributed by atoms with Crippen molar-refractivity contribution in [3.05, 3.63) is 69.1 Å². The highest BCUT2D eigenvalue weighted by molar-refractivity contribution is 14.1. The average molecular weight is 596 g/mol. The second-order valence-corrected chi connectivity index (χ2v) is 10.4. The maximum atomic E-state index is 13.0. The topological polar surface area (TPSA) is 86.4 Å². The molecule has 2 aromatic carbocycles. The van der Waals surface area contributed by atoms with Gasteiger partial charge in [0, 0.05) is 41.5 Å². The van der Waals surface area contributed by atoms with Gasteiger partial charge in [0.25, 0.3) is 5.91 Å². The van der Waals surface area contributed by atoms with Gasteiger partial charge in [-0.05, 0) is 84.8 Å². The molecule has 36 heavy (non-hydrogen) atoms. The van der Waals surface area contributed by atoms with Crippen molar-refractivity contribution in [1.82, 2.24) is 14.7 Å². The van der Waals surface area contributed by atoms with Crippen LogP contribution in [0.4, 0.5) is 11.4 Å². The summed E-state index contributed by atoms with van der Waals surface area (Å²) in [5.41, 5.74) is 4.27. The summed E-state index contributed by atoms with van der Waals surface area (Å²) in [7, 11) is 0. The van der Waals surface area contributed by atoms with Crippen LogP contribution in [0.25, 0.3) is 5.69 Å². The van der Waals surface area contributed by atoms with Crippen molar-refractivity contribution in [3.8, 4) is 11.8 Å². The van der Waals surface area contributed by atoms with Crippen LogP contribution in [0.15, 0.2) is 48.7 Å². The molecule has 2 saturated heterocycles. The molecule has 8 nitrogen and oxygen atoms in total. The van der Waals surface area contributed by atoms with Crippen molar-refractivity contribution in [1.29, 1.82) is 5.26 Å². The van der Waals surface area contributed by atoms with Crippen LogP contribution in [0.1, 0.15) is 34.5 Å². The van der Waals surface area contributed by atoms with Gasteiger partial charge in [-0.3, -0.25) is 9.69 Å². The van der Waals surface area contributed by atoms with E-state index in [4.69, 9.17) is 4.74 Å². The minimum absolute atomic E-state index is 0.243. The Hall–Kier alpha value is -2.94. The first-order valence-electron chi connectivity index (χ1n) is 12.3. The number of piperidine rings is 1. The number of hydrogen-bond acceptors (Lipinski definition) is 6. The molecule has 3 heterocycles. The third-order valence-electron chi connectivity index (χ3n) is 7.07. The fourth-order valence-electron chi connectivity index (χ4n) is 5.07. The fraction of sp³-hybridized carbons (Fsp3) is 0.370. The van der Waals surface area contributed by atoms with Crippen molar-refractivity contribution < 1.29 is 9.53 Å². The van der Waals surface area contributed by atoms with Crippen LogP contribution in [-0.4, -0.2) is 66.0 Å². The number of anilines is 2. The molecule has 0 aliphatic carbocycles. The zero-order valence-electron chi connectivity index (χ0n) is 20.3. The summed E-state index contributed by atoms with van der Waals surface area (Å²) in [6.07, 6.45) is 3.74. The minimum Gasteiger partial charge on any atom is -0.379 e. The number of rotatable bonds is 5.